The fraction of sp³-hybridized carbons (Fsp3) is 0.235. The highest BCUT2D eigenvalue weighted by atomic mass is 19.1. The largest absolute Gasteiger partial charge is 0.494 e. The summed E-state index contributed by atoms with van der Waals surface area (Å²) in [5, 5.41) is 2.72. The van der Waals surface area contributed by atoms with Crippen LogP contribution in [0.2, 0.25) is 0 Å². The second-order valence-corrected chi connectivity index (χ2v) is 4.54. The van der Waals surface area contributed by atoms with Gasteiger partial charge in [-0.25, -0.2) is 4.39 Å². The molecule has 116 valence electrons. The van der Waals surface area contributed by atoms with E-state index in [9.17, 15) is 9.18 Å². The minimum absolute atomic E-state index is 0.0624. The number of carbonyl (C=O) groups is 1. The van der Waals surface area contributed by atoms with Crippen LogP contribution in [0.1, 0.15) is 12.5 Å². The van der Waals surface area contributed by atoms with E-state index >= 15 is 0 Å². The summed E-state index contributed by atoms with van der Waals surface area (Å²) in [6.45, 7) is 2.55. The predicted octanol–water partition coefficient (Wildman–Crippen LogP) is 2.92. The number of nitrogens with one attached hydrogen (secondary N) is 1. The van der Waals surface area contributed by atoms with Gasteiger partial charge in [0, 0.05) is 12.1 Å². The van der Waals surface area contributed by atoms with Gasteiger partial charge in [0.2, 0.25) is 0 Å². The van der Waals surface area contributed by atoms with Crippen LogP contribution >= 0.6 is 0 Å². The Morgan fingerprint density at radius 3 is 2.45 bits per heavy atom. The van der Waals surface area contributed by atoms with Gasteiger partial charge in [-0.3, -0.25) is 4.79 Å². The van der Waals surface area contributed by atoms with Crippen LogP contribution in [0.3, 0.4) is 0 Å². The van der Waals surface area contributed by atoms with E-state index < -0.39 is 5.82 Å². The van der Waals surface area contributed by atoms with Crippen molar-refractivity contribution in [3.05, 3.63) is 59.9 Å². The van der Waals surface area contributed by atoms with E-state index in [0.29, 0.717) is 13.2 Å². The van der Waals surface area contributed by atoms with Crippen LogP contribution in [0.4, 0.5) is 4.39 Å². The molecule has 2 aromatic carbocycles. The zero-order valence-corrected chi connectivity index (χ0v) is 12.3. The van der Waals surface area contributed by atoms with Gasteiger partial charge < -0.3 is 14.8 Å². The summed E-state index contributed by atoms with van der Waals surface area (Å²) in [5.74, 6) is -0.0146. The molecule has 0 fully saturated rings. The van der Waals surface area contributed by atoms with E-state index in [0.717, 1.165) is 11.3 Å². The van der Waals surface area contributed by atoms with Crippen LogP contribution < -0.4 is 14.8 Å². The SMILES string of the molecule is CCOc1ccccc1CNC(=O)COc1ccccc1F. The third-order valence-electron chi connectivity index (χ3n) is 2.94. The van der Waals surface area contributed by atoms with Crippen molar-refractivity contribution in [3.63, 3.8) is 0 Å². The molecule has 1 amide bonds. The number of carbonyl (C=O) groups excluding carboxylic acids is 1. The number of ether oxygens (including phenoxy) is 2. The number of rotatable bonds is 7. The molecule has 22 heavy (non-hydrogen) atoms. The number of benzene rings is 2. The molecule has 2 aromatic rings. The molecule has 1 N–H and O–H groups in total. The summed E-state index contributed by atoms with van der Waals surface area (Å²) in [7, 11) is 0. The van der Waals surface area contributed by atoms with Crippen molar-refractivity contribution in [2.45, 2.75) is 13.5 Å². The average molecular weight is 303 g/mol. The van der Waals surface area contributed by atoms with Gasteiger partial charge in [0.05, 0.1) is 6.61 Å². The minimum atomic E-state index is -0.489. The first kappa shape index (κ1) is 15.8. The van der Waals surface area contributed by atoms with Crippen molar-refractivity contribution >= 4 is 5.91 Å². The van der Waals surface area contributed by atoms with Gasteiger partial charge in [-0.2, -0.15) is 0 Å². The maximum atomic E-state index is 13.4. The normalized spacial score (nSPS) is 10.1. The number of halogens is 1. The molecule has 2 rings (SSSR count). The maximum absolute atomic E-state index is 13.4. The predicted molar refractivity (Wildman–Crippen MR) is 81.4 cm³/mol. The third-order valence-corrected chi connectivity index (χ3v) is 2.94. The van der Waals surface area contributed by atoms with E-state index in [4.69, 9.17) is 9.47 Å². The molecule has 0 aliphatic rings. The summed E-state index contributed by atoms with van der Waals surface area (Å²) in [5.41, 5.74) is 0.878. The highest BCUT2D eigenvalue weighted by Crippen LogP contribution is 2.18. The molecular weight excluding hydrogens is 285 g/mol. The molecule has 0 saturated heterocycles. The molecule has 0 bridgehead atoms. The summed E-state index contributed by atoms with van der Waals surface area (Å²) in [6.07, 6.45) is 0. The van der Waals surface area contributed by atoms with Crippen LogP contribution in [0.25, 0.3) is 0 Å². The topological polar surface area (TPSA) is 47.6 Å². The van der Waals surface area contributed by atoms with Crippen molar-refractivity contribution in [1.82, 2.24) is 5.32 Å². The molecule has 0 heterocycles. The molecule has 0 aromatic heterocycles. The van der Waals surface area contributed by atoms with Crippen molar-refractivity contribution in [3.8, 4) is 11.5 Å². The lowest BCUT2D eigenvalue weighted by atomic mass is 10.2. The van der Waals surface area contributed by atoms with Gasteiger partial charge in [-0.15, -0.1) is 0 Å². The molecule has 0 atom stereocenters. The van der Waals surface area contributed by atoms with E-state index in [2.05, 4.69) is 5.32 Å². The molecule has 0 saturated carbocycles. The Balaban J connectivity index is 1.84. The van der Waals surface area contributed by atoms with Crippen molar-refractivity contribution < 1.29 is 18.7 Å². The summed E-state index contributed by atoms with van der Waals surface area (Å²) >= 11 is 0. The lowest BCUT2D eigenvalue weighted by Gasteiger charge is -2.11. The molecule has 0 unspecified atom stereocenters. The van der Waals surface area contributed by atoms with Gasteiger partial charge >= 0.3 is 0 Å². The Bertz CT molecular complexity index is 631. The van der Waals surface area contributed by atoms with Crippen LogP contribution in [0.5, 0.6) is 11.5 Å². The third kappa shape index (κ3) is 4.48. The number of hydrogen-bond acceptors (Lipinski definition) is 3. The van der Waals surface area contributed by atoms with E-state index in [1.165, 1.54) is 12.1 Å². The highest BCUT2D eigenvalue weighted by Gasteiger charge is 2.08. The number of amides is 1. The highest BCUT2D eigenvalue weighted by molar-refractivity contribution is 5.77. The zero-order chi connectivity index (χ0) is 15.8. The summed E-state index contributed by atoms with van der Waals surface area (Å²) in [4.78, 5) is 11.8. The Morgan fingerprint density at radius 1 is 1.05 bits per heavy atom. The van der Waals surface area contributed by atoms with E-state index in [-0.39, 0.29) is 18.3 Å². The smallest absolute Gasteiger partial charge is 0.258 e. The Hall–Kier alpha value is -2.56. The fourth-order valence-electron chi connectivity index (χ4n) is 1.90. The lowest BCUT2D eigenvalue weighted by molar-refractivity contribution is -0.123. The second kappa shape index (κ2) is 8.02. The van der Waals surface area contributed by atoms with Gasteiger partial charge in [-0.1, -0.05) is 30.3 Å². The van der Waals surface area contributed by atoms with Gasteiger partial charge in [0.1, 0.15) is 5.75 Å². The van der Waals surface area contributed by atoms with Crippen LogP contribution in [-0.4, -0.2) is 19.1 Å². The lowest BCUT2D eigenvalue weighted by Crippen LogP contribution is -2.28. The van der Waals surface area contributed by atoms with Crippen LogP contribution in [-0.2, 0) is 11.3 Å². The Morgan fingerprint density at radius 2 is 1.73 bits per heavy atom. The number of hydrogen-bond donors (Lipinski definition) is 1. The van der Waals surface area contributed by atoms with Crippen molar-refractivity contribution in [2.75, 3.05) is 13.2 Å². The van der Waals surface area contributed by atoms with Crippen LogP contribution in [0, 0.1) is 5.82 Å². The quantitative estimate of drug-likeness (QED) is 0.855. The van der Waals surface area contributed by atoms with Gasteiger partial charge in [-0.05, 0) is 25.1 Å². The first-order valence-electron chi connectivity index (χ1n) is 7.05. The van der Waals surface area contributed by atoms with Crippen molar-refractivity contribution in [2.24, 2.45) is 0 Å². The van der Waals surface area contributed by atoms with Crippen LogP contribution in [0.15, 0.2) is 48.5 Å². The molecule has 0 spiro atoms. The van der Waals surface area contributed by atoms with E-state index in [1.807, 2.05) is 31.2 Å². The van der Waals surface area contributed by atoms with Gasteiger partial charge in [0.25, 0.3) is 5.91 Å². The minimum Gasteiger partial charge on any atom is -0.494 e. The van der Waals surface area contributed by atoms with Gasteiger partial charge in [0.15, 0.2) is 18.2 Å². The maximum Gasteiger partial charge on any atom is 0.258 e. The summed E-state index contributed by atoms with van der Waals surface area (Å²) < 4.78 is 24.0. The average Bonchev–Trinajstić information content (AvgIpc) is 2.53. The van der Waals surface area contributed by atoms with E-state index in [1.54, 1.807) is 12.1 Å². The molecule has 0 aliphatic heterocycles. The molecule has 0 radical (unpaired) electrons. The first-order chi connectivity index (χ1) is 10.7. The van der Waals surface area contributed by atoms with Crippen molar-refractivity contribution in [1.29, 1.82) is 0 Å². The summed E-state index contributed by atoms with van der Waals surface area (Å²) in [6, 6.07) is 13.4. The molecule has 0 aliphatic carbocycles. The first-order valence-corrected chi connectivity index (χ1v) is 7.05. The monoisotopic (exact) mass is 303 g/mol. The molecule has 4 nitrogen and oxygen atoms in total. The fourth-order valence-corrected chi connectivity index (χ4v) is 1.90. The zero-order valence-electron chi connectivity index (χ0n) is 12.3. The second-order valence-electron chi connectivity index (χ2n) is 4.54. The Kier molecular flexibility index (Phi) is 5.77. The molecule has 5 heteroatoms. The molecular formula is C17H18FNO3. The standard InChI is InChI=1S/C17H18FNO3/c1-2-21-15-9-5-3-7-13(15)11-19-17(20)12-22-16-10-6-4-8-14(16)18/h3-10H,2,11-12H2,1H3,(H,19,20). The Labute approximate surface area is 128 Å². The number of para-hydroxylation sites is 2.